The highest BCUT2D eigenvalue weighted by molar-refractivity contribution is 7.92. The molecule has 0 rings (SSSR count). The summed E-state index contributed by atoms with van der Waals surface area (Å²) < 4.78 is 26.3. The van der Waals surface area contributed by atoms with Crippen molar-refractivity contribution in [1.29, 1.82) is 0 Å². The third-order valence-corrected chi connectivity index (χ3v) is 3.09. The van der Waals surface area contributed by atoms with Crippen LogP contribution in [0.4, 0.5) is 0 Å². The van der Waals surface area contributed by atoms with Gasteiger partial charge in [-0.15, -0.1) is 11.6 Å². The summed E-state index contributed by atoms with van der Waals surface area (Å²) >= 11 is 5.14. The molecular formula is C5H12ClNO3S. The SMILES string of the molecule is NCCOCCS(=O)(=O)CCl. The van der Waals surface area contributed by atoms with Crippen molar-refractivity contribution in [3.8, 4) is 0 Å². The predicted molar refractivity (Wildman–Crippen MR) is 44.4 cm³/mol. The number of hydrogen-bond acceptors (Lipinski definition) is 4. The molecule has 0 fully saturated rings. The van der Waals surface area contributed by atoms with Gasteiger partial charge in [-0.25, -0.2) is 8.42 Å². The van der Waals surface area contributed by atoms with Crippen molar-refractivity contribution in [2.24, 2.45) is 5.73 Å². The molecule has 0 aliphatic carbocycles. The second kappa shape index (κ2) is 5.77. The normalized spacial score (nSPS) is 11.8. The average Bonchev–Trinajstić information content (AvgIpc) is 1.99. The highest BCUT2D eigenvalue weighted by Gasteiger charge is 2.07. The standard InChI is InChI=1S/C5H12ClNO3S/c6-5-11(8,9)4-3-10-2-1-7/h1-5,7H2. The lowest BCUT2D eigenvalue weighted by atomic mass is 10.7. The number of nitrogens with two attached hydrogens (primary N) is 1. The molecule has 0 saturated heterocycles. The lowest BCUT2D eigenvalue weighted by Gasteiger charge is -2.00. The van der Waals surface area contributed by atoms with Gasteiger partial charge in [0, 0.05) is 6.54 Å². The van der Waals surface area contributed by atoms with E-state index in [-0.39, 0.29) is 17.6 Å². The molecule has 0 aromatic heterocycles. The molecule has 6 heteroatoms. The Labute approximate surface area is 71.6 Å². The third kappa shape index (κ3) is 6.55. The summed E-state index contributed by atoms with van der Waals surface area (Å²) in [5.74, 6) is -0.0312. The molecule has 11 heavy (non-hydrogen) atoms. The molecule has 0 unspecified atom stereocenters. The average molecular weight is 202 g/mol. The number of ether oxygens (including phenoxy) is 1. The topological polar surface area (TPSA) is 69.4 Å². The van der Waals surface area contributed by atoms with E-state index in [0.717, 1.165) is 0 Å². The zero-order valence-electron chi connectivity index (χ0n) is 6.12. The van der Waals surface area contributed by atoms with Crippen LogP contribution in [0.1, 0.15) is 0 Å². The molecule has 0 aliphatic heterocycles. The first kappa shape index (κ1) is 11.2. The molecule has 68 valence electrons. The zero-order chi connectivity index (χ0) is 8.74. The molecule has 2 N–H and O–H groups in total. The first-order valence-electron chi connectivity index (χ1n) is 3.16. The van der Waals surface area contributed by atoms with Gasteiger partial charge >= 0.3 is 0 Å². The summed E-state index contributed by atoms with van der Waals surface area (Å²) in [6.45, 7) is 0.963. The van der Waals surface area contributed by atoms with Crippen molar-refractivity contribution in [2.75, 3.05) is 30.7 Å². The van der Waals surface area contributed by atoms with Crippen molar-refractivity contribution in [1.82, 2.24) is 0 Å². The predicted octanol–water partition coefficient (Wildman–Crippen LogP) is -0.427. The van der Waals surface area contributed by atoms with E-state index in [4.69, 9.17) is 22.1 Å². The van der Waals surface area contributed by atoms with Crippen LogP contribution in [-0.2, 0) is 14.6 Å². The van der Waals surface area contributed by atoms with Gasteiger partial charge in [0.15, 0.2) is 9.84 Å². The molecule has 0 saturated carbocycles. The highest BCUT2D eigenvalue weighted by Crippen LogP contribution is 1.92. The van der Waals surface area contributed by atoms with Crippen LogP contribution in [0.15, 0.2) is 0 Å². The third-order valence-electron chi connectivity index (χ3n) is 0.967. The molecule has 0 aromatic rings. The first-order valence-corrected chi connectivity index (χ1v) is 5.52. The van der Waals surface area contributed by atoms with Crippen LogP contribution < -0.4 is 5.73 Å². The van der Waals surface area contributed by atoms with Crippen molar-refractivity contribution in [3.63, 3.8) is 0 Å². The lowest BCUT2D eigenvalue weighted by Crippen LogP contribution is -2.16. The smallest absolute Gasteiger partial charge is 0.166 e. The number of sulfone groups is 1. The van der Waals surface area contributed by atoms with Crippen LogP contribution >= 0.6 is 11.6 Å². The quantitative estimate of drug-likeness (QED) is 0.468. The largest absolute Gasteiger partial charge is 0.379 e. The summed E-state index contributed by atoms with van der Waals surface area (Å²) in [6, 6.07) is 0. The summed E-state index contributed by atoms with van der Waals surface area (Å²) in [6.07, 6.45) is 0. The van der Waals surface area contributed by atoms with Crippen LogP contribution in [0.2, 0.25) is 0 Å². The molecule has 4 nitrogen and oxygen atoms in total. The second-order valence-corrected chi connectivity index (χ2v) is 4.73. The molecule has 0 amide bonds. The van der Waals surface area contributed by atoms with E-state index < -0.39 is 9.84 Å². The minimum absolute atomic E-state index is 0.0312. The minimum atomic E-state index is -3.10. The summed E-state index contributed by atoms with van der Waals surface area (Å²) in [5, 5.41) is -0.348. The molecule has 0 radical (unpaired) electrons. The fraction of sp³-hybridized carbons (Fsp3) is 1.00. The van der Waals surface area contributed by atoms with E-state index in [1.807, 2.05) is 0 Å². The van der Waals surface area contributed by atoms with Gasteiger partial charge in [-0.3, -0.25) is 0 Å². The molecule has 0 heterocycles. The summed E-state index contributed by atoms with van der Waals surface area (Å²) in [4.78, 5) is 0. The monoisotopic (exact) mass is 201 g/mol. The van der Waals surface area contributed by atoms with Crippen molar-refractivity contribution in [2.45, 2.75) is 0 Å². The molecule has 0 spiro atoms. The van der Waals surface area contributed by atoms with Crippen LogP contribution in [0, 0.1) is 0 Å². The van der Waals surface area contributed by atoms with Gasteiger partial charge in [0.05, 0.1) is 19.0 Å². The Hall–Kier alpha value is 0.160. The molecule has 0 atom stereocenters. The van der Waals surface area contributed by atoms with Crippen LogP contribution in [0.25, 0.3) is 0 Å². The summed E-state index contributed by atoms with van der Waals surface area (Å²) in [7, 11) is -3.10. The zero-order valence-corrected chi connectivity index (χ0v) is 7.70. The molecule has 0 aromatic carbocycles. The number of alkyl halides is 1. The number of halogens is 1. The van der Waals surface area contributed by atoms with E-state index in [2.05, 4.69) is 0 Å². The Bertz CT molecular complexity index is 180. The maximum absolute atomic E-state index is 10.7. The van der Waals surface area contributed by atoms with Gasteiger partial charge in [0.1, 0.15) is 5.21 Å². The van der Waals surface area contributed by atoms with E-state index >= 15 is 0 Å². The number of rotatable bonds is 6. The molecule has 0 aliphatic rings. The van der Waals surface area contributed by atoms with Gasteiger partial charge in [-0.1, -0.05) is 0 Å². The summed E-state index contributed by atoms with van der Waals surface area (Å²) in [5.41, 5.74) is 5.11. The van der Waals surface area contributed by atoms with Crippen LogP contribution in [0.5, 0.6) is 0 Å². The van der Waals surface area contributed by atoms with Gasteiger partial charge in [0.2, 0.25) is 0 Å². The highest BCUT2D eigenvalue weighted by atomic mass is 35.5. The van der Waals surface area contributed by atoms with Gasteiger partial charge in [-0.2, -0.15) is 0 Å². The van der Waals surface area contributed by atoms with Crippen molar-refractivity contribution >= 4 is 21.4 Å². The second-order valence-electron chi connectivity index (χ2n) is 1.96. The Morgan fingerprint density at radius 2 is 2.00 bits per heavy atom. The van der Waals surface area contributed by atoms with Crippen molar-refractivity contribution < 1.29 is 13.2 Å². The molecular weight excluding hydrogens is 190 g/mol. The number of hydrogen-bond donors (Lipinski definition) is 1. The van der Waals surface area contributed by atoms with E-state index in [9.17, 15) is 8.42 Å². The minimum Gasteiger partial charge on any atom is -0.379 e. The van der Waals surface area contributed by atoms with Crippen LogP contribution in [0.3, 0.4) is 0 Å². The fourth-order valence-corrected chi connectivity index (χ4v) is 1.23. The molecule has 0 bridgehead atoms. The van der Waals surface area contributed by atoms with Gasteiger partial charge < -0.3 is 10.5 Å². The van der Waals surface area contributed by atoms with E-state index in [1.165, 1.54) is 0 Å². The maximum Gasteiger partial charge on any atom is 0.166 e. The van der Waals surface area contributed by atoms with Crippen molar-refractivity contribution in [3.05, 3.63) is 0 Å². The lowest BCUT2D eigenvalue weighted by molar-refractivity contribution is 0.157. The Morgan fingerprint density at radius 3 is 2.45 bits per heavy atom. The first-order chi connectivity index (χ1) is 5.12. The van der Waals surface area contributed by atoms with E-state index in [0.29, 0.717) is 13.2 Å². The van der Waals surface area contributed by atoms with E-state index in [1.54, 1.807) is 0 Å². The maximum atomic E-state index is 10.7. The van der Waals surface area contributed by atoms with Crippen LogP contribution in [-0.4, -0.2) is 39.1 Å². The fourth-order valence-electron chi connectivity index (χ4n) is 0.426. The Morgan fingerprint density at radius 1 is 1.36 bits per heavy atom. The van der Waals surface area contributed by atoms with Gasteiger partial charge in [-0.05, 0) is 0 Å². The Balaban J connectivity index is 3.39. The van der Waals surface area contributed by atoms with Gasteiger partial charge in [0.25, 0.3) is 0 Å². The Kier molecular flexibility index (Phi) is 5.85.